The standard InChI is InChI=1S/C16H20O3/c1-4-6-12(5-2)11-15(17)13-7-9-14(10-8-13)16(18)19-3/h5,7-10,12H,2,4,6,11H2,1,3H3/t12-/m0/s1. The van der Waals surface area contributed by atoms with E-state index in [0.29, 0.717) is 17.5 Å². The molecule has 0 aliphatic rings. The molecule has 1 atom stereocenters. The van der Waals surface area contributed by atoms with Gasteiger partial charge < -0.3 is 4.74 Å². The molecule has 0 aliphatic heterocycles. The summed E-state index contributed by atoms with van der Waals surface area (Å²) in [4.78, 5) is 23.4. The lowest BCUT2D eigenvalue weighted by Crippen LogP contribution is -2.08. The summed E-state index contributed by atoms with van der Waals surface area (Å²) in [5, 5.41) is 0. The predicted octanol–water partition coefficient (Wildman–Crippen LogP) is 3.65. The number of hydrogen-bond acceptors (Lipinski definition) is 3. The van der Waals surface area contributed by atoms with Crippen LogP contribution < -0.4 is 0 Å². The molecular formula is C16H20O3. The molecule has 102 valence electrons. The van der Waals surface area contributed by atoms with Crippen LogP contribution >= 0.6 is 0 Å². The molecule has 19 heavy (non-hydrogen) atoms. The highest BCUT2D eigenvalue weighted by atomic mass is 16.5. The Morgan fingerprint density at radius 3 is 2.32 bits per heavy atom. The monoisotopic (exact) mass is 260 g/mol. The first-order valence-corrected chi connectivity index (χ1v) is 6.46. The molecule has 1 aromatic carbocycles. The molecule has 0 unspecified atom stereocenters. The van der Waals surface area contributed by atoms with E-state index in [9.17, 15) is 9.59 Å². The van der Waals surface area contributed by atoms with E-state index in [0.717, 1.165) is 12.8 Å². The Morgan fingerprint density at radius 1 is 1.26 bits per heavy atom. The molecule has 0 aromatic heterocycles. The summed E-state index contributed by atoms with van der Waals surface area (Å²) >= 11 is 0. The zero-order valence-electron chi connectivity index (χ0n) is 11.5. The van der Waals surface area contributed by atoms with Crippen LogP contribution in [0, 0.1) is 5.92 Å². The second-order valence-corrected chi connectivity index (χ2v) is 4.48. The molecule has 0 spiro atoms. The number of esters is 1. The van der Waals surface area contributed by atoms with Gasteiger partial charge in [0.25, 0.3) is 0 Å². The van der Waals surface area contributed by atoms with Gasteiger partial charge in [-0.15, -0.1) is 6.58 Å². The smallest absolute Gasteiger partial charge is 0.337 e. The number of allylic oxidation sites excluding steroid dienone is 1. The molecule has 0 amide bonds. The van der Waals surface area contributed by atoms with Gasteiger partial charge in [-0.2, -0.15) is 0 Å². The highest BCUT2D eigenvalue weighted by Crippen LogP contribution is 2.16. The van der Waals surface area contributed by atoms with Crippen LogP contribution in [0.15, 0.2) is 36.9 Å². The van der Waals surface area contributed by atoms with Gasteiger partial charge in [-0.3, -0.25) is 4.79 Å². The van der Waals surface area contributed by atoms with Gasteiger partial charge in [0.05, 0.1) is 12.7 Å². The van der Waals surface area contributed by atoms with Crippen LogP contribution in [0.4, 0.5) is 0 Å². The van der Waals surface area contributed by atoms with Crippen molar-refractivity contribution in [3.63, 3.8) is 0 Å². The lowest BCUT2D eigenvalue weighted by Gasteiger charge is -2.10. The largest absolute Gasteiger partial charge is 0.465 e. The maximum Gasteiger partial charge on any atom is 0.337 e. The Bertz CT molecular complexity index is 446. The summed E-state index contributed by atoms with van der Waals surface area (Å²) in [7, 11) is 1.33. The Morgan fingerprint density at radius 2 is 1.84 bits per heavy atom. The van der Waals surface area contributed by atoms with Crippen molar-refractivity contribution >= 4 is 11.8 Å². The molecule has 0 N–H and O–H groups in total. The molecule has 3 nitrogen and oxygen atoms in total. The summed E-state index contributed by atoms with van der Waals surface area (Å²) in [6.07, 6.45) is 4.31. The lowest BCUT2D eigenvalue weighted by atomic mass is 9.94. The zero-order valence-corrected chi connectivity index (χ0v) is 11.5. The van der Waals surface area contributed by atoms with Crippen LogP contribution in [0.5, 0.6) is 0 Å². The Balaban J connectivity index is 2.72. The molecule has 0 saturated heterocycles. The SMILES string of the molecule is C=C[C@@H](CCC)CC(=O)c1ccc(C(=O)OC)cc1. The second-order valence-electron chi connectivity index (χ2n) is 4.48. The van der Waals surface area contributed by atoms with E-state index >= 15 is 0 Å². The van der Waals surface area contributed by atoms with Crippen LogP contribution in [-0.2, 0) is 4.74 Å². The average molecular weight is 260 g/mol. The van der Waals surface area contributed by atoms with E-state index in [-0.39, 0.29) is 11.7 Å². The first-order chi connectivity index (χ1) is 9.12. The molecule has 1 rings (SSSR count). The van der Waals surface area contributed by atoms with E-state index in [1.807, 2.05) is 6.08 Å². The Kier molecular flexibility index (Phi) is 6.00. The number of carbonyl (C=O) groups is 2. The number of rotatable bonds is 7. The number of hydrogen-bond donors (Lipinski definition) is 0. The van der Waals surface area contributed by atoms with Gasteiger partial charge in [-0.25, -0.2) is 4.79 Å². The molecule has 0 bridgehead atoms. The fraction of sp³-hybridized carbons (Fsp3) is 0.375. The highest BCUT2D eigenvalue weighted by molar-refractivity contribution is 5.97. The van der Waals surface area contributed by atoms with Crippen molar-refractivity contribution in [2.24, 2.45) is 5.92 Å². The number of benzene rings is 1. The molecule has 0 fully saturated rings. The zero-order chi connectivity index (χ0) is 14.3. The third kappa shape index (κ3) is 4.36. The van der Waals surface area contributed by atoms with Crippen molar-refractivity contribution in [1.82, 2.24) is 0 Å². The minimum absolute atomic E-state index is 0.0785. The number of methoxy groups -OCH3 is 1. The van der Waals surface area contributed by atoms with Gasteiger partial charge in [0.15, 0.2) is 5.78 Å². The van der Waals surface area contributed by atoms with Crippen molar-refractivity contribution < 1.29 is 14.3 Å². The molecule has 1 aromatic rings. The van der Waals surface area contributed by atoms with Crippen LogP contribution in [-0.4, -0.2) is 18.9 Å². The van der Waals surface area contributed by atoms with E-state index in [4.69, 9.17) is 0 Å². The van der Waals surface area contributed by atoms with Crippen LogP contribution in [0.25, 0.3) is 0 Å². The molecule has 0 heterocycles. The topological polar surface area (TPSA) is 43.4 Å². The molecule has 0 saturated carbocycles. The summed E-state index contributed by atoms with van der Waals surface area (Å²) in [6, 6.07) is 6.56. The summed E-state index contributed by atoms with van der Waals surface area (Å²) in [5.74, 6) is -0.0958. The Hall–Kier alpha value is -1.90. The fourth-order valence-corrected chi connectivity index (χ4v) is 1.94. The van der Waals surface area contributed by atoms with Crippen molar-refractivity contribution in [3.05, 3.63) is 48.0 Å². The molecule has 3 heteroatoms. The van der Waals surface area contributed by atoms with Crippen LogP contribution in [0.3, 0.4) is 0 Å². The van der Waals surface area contributed by atoms with Crippen LogP contribution in [0.2, 0.25) is 0 Å². The number of ether oxygens (including phenoxy) is 1. The second kappa shape index (κ2) is 7.52. The van der Waals surface area contributed by atoms with Crippen molar-refractivity contribution in [2.75, 3.05) is 7.11 Å². The van der Waals surface area contributed by atoms with Crippen molar-refractivity contribution in [2.45, 2.75) is 26.2 Å². The van der Waals surface area contributed by atoms with E-state index in [2.05, 4.69) is 18.2 Å². The minimum Gasteiger partial charge on any atom is -0.465 e. The van der Waals surface area contributed by atoms with Gasteiger partial charge >= 0.3 is 5.97 Å². The average Bonchev–Trinajstić information content (AvgIpc) is 2.45. The normalized spacial score (nSPS) is 11.7. The first-order valence-electron chi connectivity index (χ1n) is 6.46. The maximum atomic E-state index is 12.1. The fourth-order valence-electron chi connectivity index (χ4n) is 1.94. The van der Waals surface area contributed by atoms with Gasteiger partial charge in [0.1, 0.15) is 0 Å². The maximum absolute atomic E-state index is 12.1. The summed E-state index contributed by atoms with van der Waals surface area (Å²) in [5.41, 5.74) is 1.07. The quantitative estimate of drug-likeness (QED) is 0.427. The molecule has 0 radical (unpaired) electrons. The third-order valence-corrected chi connectivity index (χ3v) is 3.07. The van der Waals surface area contributed by atoms with E-state index < -0.39 is 5.97 Å². The van der Waals surface area contributed by atoms with Crippen LogP contribution in [0.1, 0.15) is 46.9 Å². The van der Waals surface area contributed by atoms with Crippen molar-refractivity contribution in [3.8, 4) is 0 Å². The number of ketones is 1. The highest BCUT2D eigenvalue weighted by Gasteiger charge is 2.13. The van der Waals surface area contributed by atoms with E-state index in [1.165, 1.54) is 7.11 Å². The molecular weight excluding hydrogens is 240 g/mol. The van der Waals surface area contributed by atoms with Gasteiger partial charge in [0, 0.05) is 12.0 Å². The summed E-state index contributed by atoms with van der Waals surface area (Å²) in [6.45, 7) is 5.85. The van der Waals surface area contributed by atoms with Gasteiger partial charge in [0.2, 0.25) is 0 Å². The van der Waals surface area contributed by atoms with Gasteiger partial charge in [-0.05, 0) is 24.5 Å². The third-order valence-electron chi connectivity index (χ3n) is 3.07. The van der Waals surface area contributed by atoms with E-state index in [1.54, 1.807) is 24.3 Å². The lowest BCUT2D eigenvalue weighted by molar-refractivity contribution is 0.0600. The summed E-state index contributed by atoms with van der Waals surface area (Å²) < 4.78 is 4.61. The van der Waals surface area contributed by atoms with Gasteiger partial charge in [-0.1, -0.05) is 31.6 Å². The number of carbonyl (C=O) groups excluding carboxylic acids is 2. The molecule has 0 aliphatic carbocycles. The first kappa shape index (κ1) is 15.2. The van der Waals surface area contributed by atoms with Crippen molar-refractivity contribution in [1.29, 1.82) is 0 Å². The Labute approximate surface area is 114 Å². The minimum atomic E-state index is -0.394. The predicted molar refractivity (Wildman–Crippen MR) is 75.3 cm³/mol. The number of Topliss-reactive ketones (excluding diaryl/α,β-unsaturated/α-hetero) is 1.